The first kappa shape index (κ1) is 10.6. The number of aromatic nitrogens is 1. The van der Waals surface area contributed by atoms with E-state index in [1.54, 1.807) is 12.3 Å². The van der Waals surface area contributed by atoms with Gasteiger partial charge in [0.15, 0.2) is 0 Å². The highest BCUT2D eigenvalue weighted by atomic mass is 79.9. The predicted octanol–water partition coefficient (Wildman–Crippen LogP) is 2.97. The Morgan fingerprint density at radius 2 is 2.33 bits per heavy atom. The van der Waals surface area contributed by atoms with Crippen LogP contribution < -0.4 is 5.32 Å². The molecule has 1 fully saturated rings. The molecule has 1 aliphatic carbocycles. The minimum absolute atomic E-state index is 0.102. The third-order valence-electron chi connectivity index (χ3n) is 2.98. The molecule has 15 heavy (non-hydrogen) atoms. The van der Waals surface area contributed by atoms with Crippen molar-refractivity contribution in [3.05, 3.63) is 22.8 Å². The molecule has 4 heteroatoms. The second-order valence-corrected chi connectivity index (χ2v) is 4.87. The maximum Gasteiger partial charge on any atom is 0.231 e. The SMILES string of the molecule is CCC1(C(=O)Nc2ccc(Br)cn2)CC1. The summed E-state index contributed by atoms with van der Waals surface area (Å²) in [4.78, 5) is 16.0. The molecule has 1 saturated carbocycles. The van der Waals surface area contributed by atoms with Crippen molar-refractivity contribution in [2.24, 2.45) is 5.41 Å². The lowest BCUT2D eigenvalue weighted by Crippen LogP contribution is -2.23. The van der Waals surface area contributed by atoms with E-state index in [4.69, 9.17) is 0 Å². The third-order valence-corrected chi connectivity index (χ3v) is 3.45. The first-order valence-corrected chi connectivity index (χ1v) is 5.89. The Kier molecular flexibility index (Phi) is 2.78. The summed E-state index contributed by atoms with van der Waals surface area (Å²) in [5, 5.41) is 2.85. The average molecular weight is 269 g/mol. The number of hydrogen-bond donors (Lipinski definition) is 1. The lowest BCUT2D eigenvalue weighted by Gasteiger charge is -2.11. The summed E-state index contributed by atoms with van der Waals surface area (Å²) in [5.41, 5.74) is -0.102. The summed E-state index contributed by atoms with van der Waals surface area (Å²) in [6, 6.07) is 3.67. The summed E-state index contributed by atoms with van der Waals surface area (Å²) in [6.07, 6.45) is 4.61. The van der Waals surface area contributed by atoms with E-state index in [2.05, 4.69) is 33.2 Å². The summed E-state index contributed by atoms with van der Waals surface area (Å²) in [7, 11) is 0. The lowest BCUT2D eigenvalue weighted by molar-refractivity contribution is -0.121. The number of carbonyl (C=O) groups excluding carboxylic acids is 1. The van der Waals surface area contributed by atoms with Crippen LogP contribution in [0.3, 0.4) is 0 Å². The molecule has 0 radical (unpaired) electrons. The number of nitrogens with zero attached hydrogens (tertiary/aromatic N) is 1. The summed E-state index contributed by atoms with van der Waals surface area (Å²) >= 11 is 3.30. The Balaban J connectivity index is 2.03. The predicted molar refractivity (Wildman–Crippen MR) is 62.5 cm³/mol. The van der Waals surface area contributed by atoms with Gasteiger partial charge in [0.05, 0.1) is 0 Å². The van der Waals surface area contributed by atoms with Gasteiger partial charge in [-0.15, -0.1) is 0 Å². The highest BCUT2D eigenvalue weighted by molar-refractivity contribution is 9.10. The Labute approximate surface area is 97.4 Å². The Morgan fingerprint density at radius 1 is 1.60 bits per heavy atom. The van der Waals surface area contributed by atoms with Gasteiger partial charge in [-0.2, -0.15) is 0 Å². The zero-order valence-corrected chi connectivity index (χ0v) is 10.2. The summed E-state index contributed by atoms with van der Waals surface area (Å²) < 4.78 is 0.914. The number of rotatable bonds is 3. The maximum atomic E-state index is 11.8. The number of nitrogens with one attached hydrogen (secondary N) is 1. The highest BCUT2D eigenvalue weighted by Gasteiger charge is 2.47. The smallest absolute Gasteiger partial charge is 0.231 e. The fraction of sp³-hybridized carbons (Fsp3) is 0.455. The fourth-order valence-corrected chi connectivity index (χ4v) is 1.83. The van der Waals surface area contributed by atoms with Crippen molar-refractivity contribution < 1.29 is 4.79 Å². The third kappa shape index (κ3) is 2.20. The molecule has 2 rings (SSSR count). The van der Waals surface area contributed by atoms with Gasteiger partial charge >= 0.3 is 0 Å². The molecule has 1 N–H and O–H groups in total. The molecule has 1 heterocycles. The molecule has 0 aromatic carbocycles. The van der Waals surface area contributed by atoms with Crippen LogP contribution in [0.1, 0.15) is 26.2 Å². The van der Waals surface area contributed by atoms with Gasteiger partial charge in [-0.25, -0.2) is 4.98 Å². The Hall–Kier alpha value is -0.900. The van der Waals surface area contributed by atoms with Crippen LogP contribution in [0.2, 0.25) is 0 Å². The van der Waals surface area contributed by atoms with E-state index in [1.165, 1.54) is 0 Å². The number of carbonyl (C=O) groups is 1. The zero-order chi connectivity index (χ0) is 10.9. The zero-order valence-electron chi connectivity index (χ0n) is 8.59. The van der Waals surface area contributed by atoms with Gasteiger partial charge in [-0.3, -0.25) is 4.79 Å². The number of hydrogen-bond acceptors (Lipinski definition) is 2. The van der Waals surface area contributed by atoms with Crippen LogP contribution in [0.5, 0.6) is 0 Å². The Bertz CT molecular complexity index is 371. The first-order chi connectivity index (χ1) is 7.16. The van der Waals surface area contributed by atoms with Crippen LogP contribution >= 0.6 is 15.9 Å². The van der Waals surface area contributed by atoms with Crippen LogP contribution in [0.25, 0.3) is 0 Å². The van der Waals surface area contributed by atoms with Crippen molar-refractivity contribution in [2.45, 2.75) is 26.2 Å². The minimum Gasteiger partial charge on any atom is -0.310 e. The van der Waals surface area contributed by atoms with Gasteiger partial charge in [0.1, 0.15) is 5.82 Å². The molecule has 1 aromatic heterocycles. The standard InChI is InChI=1S/C11H13BrN2O/c1-2-11(5-6-11)10(15)14-9-4-3-8(12)7-13-9/h3-4,7H,2,5-6H2,1H3,(H,13,14,15). The second-order valence-electron chi connectivity index (χ2n) is 3.95. The normalized spacial score (nSPS) is 17.2. The molecule has 0 spiro atoms. The molecule has 0 unspecified atom stereocenters. The van der Waals surface area contributed by atoms with Crippen LogP contribution in [-0.4, -0.2) is 10.9 Å². The molecule has 0 aliphatic heterocycles. The minimum atomic E-state index is -0.102. The Morgan fingerprint density at radius 3 is 2.80 bits per heavy atom. The lowest BCUT2D eigenvalue weighted by atomic mass is 10.0. The summed E-state index contributed by atoms with van der Waals surface area (Å²) in [6.45, 7) is 2.06. The van der Waals surface area contributed by atoms with Crippen LogP contribution in [-0.2, 0) is 4.79 Å². The molecule has 1 aromatic rings. The number of pyridine rings is 1. The number of halogens is 1. The average Bonchev–Trinajstić information content (AvgIpc) is 3.02. The van der Waals surface area contributed by atoms with Gasteiger partial charge in [-0.05, 0) is 47.3 Å². The fourth-order valence-electron chi connectivity index (χ4n) is 1.59. The molecule has 0 bridgehead atoms. The van der Waals surface area contributed by atoms with Crippen LogP contribution in [0.15, 0.2) is 22.8 Å². The first-order valence-electron chi connectivity index (χ1n) is 5.09. The van der Waals surface area contributed by atoms with E-state index < -0.39 is 0 Å². The van der Waals surface area contributed by atoms with E-state index >= 15 is 0 Å². The topological polar surface area (TPSA) is 42.0 Å². The molecule has 0 saturated heterocycles. The van der Waals surface area contributed by atoms with E-state index in [-0.39, 0.29) is 11.3 Å². The van der Waals surface area contributed by atoms with Crippen molar-refractivity contribution in [3.63, 3.8) is 0 Å². The van der Waals surface area contributed by atoms with Gasteiger partial charge < -0.3 is 5.32 Å². The number of amides is 1. The monoisotopic (exact) mass is 268 g/mol. The second kappa shape index (κ2) is 3.93. The quantitative estimate of drug-likeness (QED) is 0.916. The van der Waals surface area contributed by atoms with E-state index in [0.29, 0.717) is 5.82 Å². The summed E-state index contributed by atoms with van der Waals surface area (Å²) in [5.74, 6) is 0.739. The van der Waals surface area contributed by atoms with Crippen LogP contribution in [0.4, 0.5) is 5.82 Å². The highest BCUT2D eigenvalue weighted by Crippen LogP contribution is 2.49. The van der Waals surface area contributed by atoms with Gasteiger partial charge in [0.25, 0.3) is 0 Å². The van der Waals surface area contributed by atoms with E-state index in [9.17, 15) is 4.79 Å². The molecule has 1 amide bonds. The molecule has 0 atom stereocenters. The molecular weight excluding hydrogens is 256 g/mol. The molecule has 3 nitrogen and oxygen atoms in total. The molecule has 1 aliphatic rings. The van der Waals surface area contributed by atoms with Crippen molar-refractivity contribution in [1.82, 2.24) is 4.98 Å². The molecule has 80 valence electrons. The van der Waals surface area contributed by atoms with Crippen molar-refractivity contribution >= 4 is 27.7 Å². The van der Waals surface area contributed by atoms with E-state index in [1.807, 2.05) is 6.07 Å². The number of anilines is 1. The maximum absolute atomic E-state index is 11.8. The van der Waals surface area contributed by atoms with Crippen molar-refractivity contribution in [1.29, 1.82) is 0 Å². The molecular formula is C11H13BrN2O. The van der Waals surface area contributed by atoms with Crippen LogP contribution in [0, 0.1) is 5.41 Å². The van der Waals surface area contributed by atoms with E-state index in [0.717, 1.165) is 23.7 Å². The van der Waals surface area contributed by atoms with Crippen molar-refractivity contribution in [2.75, 3.05) is 5.32 Å². The largest absolute Gasteiger partial charge is 0.310 e. The van der Waals surface area contributed by atoms with Gasteiger partial charge in [-0.1, -0.05) is 6.92 Å². The van der Waals surface area contributed by atoms with Crippen molar-refractivity contribution in [3.8, 4) is 0 Å². The van der Waals surface area contributed by atoms with Gasteiger partial charge in [0, 0.05) is 16.1 Å². The van der Waals surface area contributed by atoms with Gasteiger partial charge in [0.2, 0.25) is 5.91 Å².